The predicted octanol–water partition coefficient (Wildman–Crippen LogP) is 3.64. The lowest BCUT2D eigenvalue weighted by molar-refractivity contribution is 0.0949. The molecule has 3 aromatic rings. The van der Waals surface area contributed by atoms with Gasteiger partial charge in [-0.15, -0.1) is 0 Å². The van der Waals surface area contributed by atoms with Crippen molar-refractivity contribution >= 4 is 17.5 Å². The molecule has 0 bridgehead atoms. The average Bonchev–Trinajstić information content (AvgIpc) is 2.65. The number of amides is 1. The number of carbonyl (C=O) groups excluding carboxylic acids is 1. The Morgan fingerprint density at radius 3 is 2.65 bits per heavy atom. The van der Waals surface area contributed by atoms with Crippen molar-refractivity contribution in [3.63, 3.8) is 0 Å². The first kappa shape index (κ1) is 17.5. The minimum Gasteiger partial charge on any atom is -0.350 e. The van der Waals surface area contributed by atoms with Crippen LogP contribution in [0.2, 0.25) is 0 Å². The Morgan fingerprint density at radius 2 is 1.85 bits per heavy atom. The Labute approximate surface area is 151 Å². The highest BCUT2D eigenvalue weighted by Gasteiger charge is 2.10. The first-order valence-corrected chi connectivity index (χ1v) is 8.31. The number of aryl methyl sites for hydroxylation is 1. The van der Waals surface area contributed by atoms with Crippen LogP contribution in [-0.2, 0) is 6.42 Å². The molecule has 0 unspecified atom stereocenters. The lowest BCUT2D eigenvalue weighted by Gasteiger charge is -2.09. The number of rotatable bonds is 6. The molecular formula is C20H19FN4O. The second-order valence-corrected chi connectivity index (χ2v) is 5.80. The van der Waals surface area contributed by atoms with E-state index in [1.54, 1.807) is 24.3 Å². The molecule has 6 heteroatoms. The summed E-state index contributed by atoms with van der Waals surface area (Å²) in [7, 11) is 0. The molecule has 0 fully saturated rings. The van der Waals surface area contributed by atoms with Crippen molar-refractivity contribution in [2.24, 2.45) is 0 Å². The third kappa shape index (κ3) is 4.42. The topological polar surface area (TPSA) is 66.9 Å². The van der Waals surface area contributed by atoms with E-state index < -0.39 is 0 Å². The Bertz CT molecular complexity index is 914. The number of nitrogens with one attached hydrogen (secondary N) is 2. The van der Waals surface area contributed by atoms with Crippen molar-refractivity contribution in [1.82, 2.24) is 15.3 Å². The Balaban J connectivity index is 1.61. The van der Waals surface area contributed by atoms with Crippen LogP contribution in [-0.4, -0.2) is 22.4 Å². The Kier molecular flexibility index (Phi) is 5.53. The van der Waals surface area contributed by atoms with Gasteiger partial charge in [0.25, 0.3) is 5.91 Å². The monoisotopic (exact) mass is 350 g/mol. The van der Waals surface area contributed by atoms with E-state index in [1.165, 1.54) is 12.3 Å². The third-order valence-corrected chi connectivity index (χ3v) is 3.92. The molecule has 0 saturated carbocycles. The lowest BCUT2D eigenvalue weighted by atomic mass is 10.1. The fourth-order valence-corrected chi connectivity index (χ4v) is 2.48. The summed E-state index contributed by atoms with van der Waals surface area (Å²) in [5.74, 6) is -0.244. The zero-order chi connectivity index (χ0) is 18.4. The quantitative estimate of drug-likeness (QED) is 0.712. The maximum Gasteiger partial charge on any atom is 0.270 e. The van der Waals surface area contributed by atoms with Gasteiger partial charge in [0.05, 0.1) is 0 Å². The van der Waals surface area contributed by atoms with Gasteiger partial charge in [-0.1, -0.05) is 36.4 Å². The van der Waals surface area contributed by atoms with Crippen LogP contribution >= 0.6 is 0 Å². The van der Waals surface area contributed by atoms with Crippen molar-refractivity contribution < 1.29 is 9.18 Å². The minimum absolute atomic E-state index is 0.254. The highest BCUT2D eigenvalue weighted by atomic mass is 19.1. The summed E-state index contributed by atoms with van der Waals surface area (Å²) < 4.78 is 13.6. The second-order valence-electron chi connectivity index (χ2n) is 5.80. The van der Waals surface area contributed by atoms with E-state index >= 15 is 0 Å². The zero-order valence-corrected chi connectivity index (χ0v) is 14.4. The van der Waals surface area contributed by atoms with Crippen molar-refractivity contribution in [3.05, 3.63) is 83.4 Å². The number of carbonyl (C=O) groups is 1. The number of nitrogens with zero attached hydrogens (tertiary/aromatic N) is 2. The molecule has 26 heavy (non-hydrogen) atoms. The third-order valence-electron chi connectivity index (χ3n) is 3.92. The first-order valence-electron chi connectivity index (χ1n) is 8.31. The molecule has 5 nitrogen and oxygen atoms in total. The number of hydrogen-bond acceptors (Lipinski definition) is 4. The van der Waals surface area contributed by atoms with Gasteiger partial charge in [0, 0.05) is 18.4 Å². The smallest absolute Gasteiger partial charge is 0.270 e. The highest BCUT2D eigenvalue weighted by molar-refractivity contribution is 5.92. The molecule has 0 atom stereocenters. The second kappa shape index (κ2) is 8.20. The minimum atomic E-state index is -0.323. The summed E-state index contributed by atoms with van der Waals surface area (Å²) in [4.78, 5) is 20.7. The van der Waals surface area contributed by atoms with E-state index in [-0.39, 0.29) is 17.4 Å². The SMILES string of the molecule is Cc1ccccc1Nc1nccc(C(=O)NCCc2ccccc2F)n1. The molecule has 1 aromatic heterocycles. The van der Waals surface area contributed by atoms with Gasteiger partial charge < -0.3 is 10.6 Å². The highest BCUT2D eigenvalue weighted by Crippen LogP contribution is 2.17. The van der Waals surface area contributed by atoms with Gasteiger partial charge in [0.2, 0.25) is 5.95 Å². The molecule has 0 aliphatic heterocycles. The van der Waals surface area contributed by atoms with Gasteiger partial charge >= 0.3 is 0 Å². The molecule has 1 heterocycles. The molecular weight excluding hydrogens is 331 g/mol. The molecule has 2 aromatic carbocycles. The van der Waals surface area contributed by atoms with Gasteiger partial charge in [0.15, 0.2) is 0 Å². The van der Waals surface area contributed by atoms with Crippen LogP contribution in [0.25, 0.3) is 0 Å². The molecule has 3 rings (SSSR count). The number of halogens is 1. The summed E-state index contributed by atoms with van der Waals surface area (Å²) in [6.45, 7) is 2.30. The number of para-hydroxylation sites is 1. The largest absolute Gasteiger partial charge is 0.350 e. The number of anilines is 2. The van der Waals surface area contributed by atoms with Crippen LogP contribution in [0.1, 0.15) is 21.6 Å². The summed E-state index contributed by atoms with van der Waals surface area (Å²) in [5.41, 5.74) is 2.75. The molecule has 1 amide bonds. The maximum absolute atomic E-state index is 13.6. The van der Waals surface area contributed by atoms with Crippen molar-refractivity contribution in [1.29, 1.82) is 0 Å². The standard InChI is InChI=1S/C20H19FN4O/c1-14-6-2-5-9-17(14)24-20-23-13-11-18(25-20)19(26)22-12-10-15-7-3-4-8-16(15)21/h2-9,11,13H,10,12H2,1H3,(H,22,26)(H,23,24,25). The van der Waals surface area contributed by atoms with Crippen molar-refractivity contribution in [2.45, 2.75) is 13.3 Å². The van der Waals surface area contributed by atoms with Gasteiger partial charge in [-0.3, -0.25) is 4.79 Å². The van der Waals surface area contributed by atoms with E-state index in [0.717, 1.165) is 11.3 Å². The summed E-state index contributed by atoms with van der Waals surface area (Å²) in [5, 5.41) is 5.86. The molecule has 0 spiro atoms. The summed E-state index contributed by atoms with van der Waals surface area (Å²) in [6.07, 6.45) is 1.94. The van der Waals surface area contributed by atoms with E-state index in [2.05, 4.69) is 20.6 Å². The van der Waals surface area contributed by atoms with E-state index in [9.17, 15) is 9.18 Å². The van der Waals surface area contributed by atoms with Gasteiger partial charge in [-0.05, 0) is 42.7 Å². The van der Waals surface area contributed by atoms with E-state index in [1.807, 2.05) is 31.2 Å². The lowest BCUT2D eigenvalue weighted by Crippen LogP contribution is -2.27. The fraction of sp³-hybridized carbons (Fsp3) is 0.150. The molecule has 0 saturated heterocycles. The van der Waals surface area contributed by atoms with Crippen LogP contribution in [0.3, 0.4) is 0 Å². The number of benzene rings is 2. The Morgan fingerprint density at radius 1 is 1.08 bits per heavy atom. The van der Waals surface area contributed by atoms with E-state index in [4.69, 9.17) is 0 Å². The summed E-state index contributed by atoms with van der Waals surface area (Å²) >= 11 is 0. The number of hydrogen-bond donors (Lipinski definition) is 2. The van der Waals surface area contributed by atoms with Crippen molar-refractivity contribution in [3.8, 4) is 0 Å². The molecule has 0 aliphatic carbocycles. The Hall–Kier alpha value is -3.28. The molecule has 0 radical (unpaired) electrons. The van der Waals surface area contributed by atoms with Gasteiger partial charge in [-0.2, -0.15) is 0 Å². The average molecular weight is 350 g/mol. The van der Waals surface area contributed by atoms with Crippen LogP contribution in [0.5, 0.6) is 0 Å². The fourth-order valence-electron chi connectivity index (χ4n) is 2.48. The van der Waals surface area contributed by atoms with Crippen LogP contribution < -0.4 is 10.6 Å². The maximum atomic E-state index is 13.6. The van der Waals surface area contributed by atoms with Crippen LogP contribution in [0, 0.1) is 12.7 Å². The van der Waals surface area contributed by atoms with Gasteiger partial charge in [-0.25, -0.2) is 14.4 Å². The zero-order valence-electron chi connectivity index (χ0n) is 14.4. The van der Waals surface area contributed by atoms with Crippen molar-refractivity contribution in [2.75, 3.05) is 11.9 Å². The molecule has 132 valence electrons. The normalized spacial score (nSPS) is 10.4. The first-order chi connectivity index (χ1) is 12.6. The number of aromatic nitrogens is 2. The molecule has 2 N–H and O–H groups in total. The predicted molar refractivity (Wildman–Crippen MR) is 98.9 cm³/mol. The van der Waals surface area contributed by atoms with E-state index in [0.29, 0.717) is 24.5 Å². The van der Waals surface area contributed by atoms with Crippen LogP contribution in [0.4, 0.5) is 16.0 Å². The van der Waals surface area contributed by atoms with Gasteiger partial charge in [0.1, 0.15) is 11.5 Å². The van der Waals surface area contributed by atoms with Crippen LogP contribution in [0.15, 0.2) is 60.8 Å². The molecule has 0 aliphatic rings. The summed E-state index contributed by atoms with van der Waals surface area (Å²) in [6, 6.07) is 15.8.